The zero-order valence-corrected chi connectivity index (χ0v) is 15.5. The molecule has 0 fully saturated rings. The Kier molecular flexibility index (Phi) is 7.08. The van der Waals surface area contributed by atoms with E-state index < -0.39 is 11.9 Å². The lowest BCUT2D eigenvalue weighted by Crippen LogP contribution is -2.44. The molecule has 8 heteroatoms. The van der Waals surface area contributed by atoms with E-state index in [-0.39, 0.29) is 22.3 Å². The van der Waals surface area contributed by atoms with Crippen LogP contribution in [-0.2, 0) is 4.74 Å². The molecule has 0 atom stereocenters. The molecule has 0 unspecified atom stereocenters. The number of benzene rings is 2. The Morgan fingerprint density at radius 1 is 1.08 bits per heavy atom. The summed E-state index contributed by atoms with van der Waals surface area (Å²) in [5.74, 6) is -0.659. The number of anilines is 1. The molecule has 2 aromatic carbocycles. The number of nitrogens with zero attached hydrogens (tertiary/aromatic N) is 1. The van der Waals surface area contributed by atoms with Crippen molar-refractivity contribution in [2.75, 3.05) is 18.2 Å². The molecule has 0 saturated carbocycles. The summed E-state index contributed by atoms with van der Waals surface area (Å²) in [4.78, 5) is 26.1. The van der Waals surface area contributed by atoms with E-state index in [0.29, 0.717) is 17.3 Å². The Morgan fingerprint density at radius 2 is 1.76 bits per heavy atom. The number of carbonyl (C=O) groups is 2. The molecular weight excluding hydrogens is 387 g/mol. The maximum Gasteiger partial charge on any atom is 0.330 e. The molecule has 0 aliphatic carbocycles. The van der Waals surface area contributed by atoms with Gasteiger partial charge in [0, 0.05) is 17.3 Å². The van der Waals surface area contributed by atoms with E-state index in [0.717, 1.165) is 0 Å². The van der Waals surface area contributed by atoms with Crippen LogP contribution >= 0.6 is 34.8 Å². The van der Waals surface area contributed by atoms with Gasteiger partial charge in [-0.25, -0.2) is 4.79 Å². The highest BCUT2D eigenvalue weighted by Crippen LogP contribution is 2.25. The monoisotopic (exact) mass is 400 g/mol. The molecule has 2 aromatic rings. The van der Waals surface area contributed by atoms with Gasteiger partial charge in [0.1, 0.15) is 6.73 Å². The third-order valence-corrected chi connectivity index (χ3v) is 4.30. The van der Waals surface area contributed by atoms with E-state index in [9.17, 15) is 9.59 Å². The summed E-state index contributed by atoms with van der Waals surface area (Å²) in [7, 11) is 0. The molecule has 0 saturated heterocycles. The number of halogens is 3. The van der Waals surface area contributed by atoms with Crippen LogP contribution in [-0.4, -0.2) is 25.3 Å². The number of hydrogen-bond donors (Lipinski definition) is 1. The zero-order chi connectivity index (χ0) is 18.4. The summed E-state index contributed by atoms with van der Waals surface area (Å²) in [6.45, 7) is 2.18. The molecule has 0 aromatic heterocycles. The van der Waals surface area contributed by atoms with E-state index in [1.165, 1.54) is 11.0 Å². The summed E-state index contributed by atoms with van der Waals surface area (Å²) >= 11 is 17.8. The zero-order valence-electron chi connectivity index (χ0n) is 13.3. The van der Waals surface area contributed by atoms with Gasteiger partial charge in [-0.3, -0.25) is 15.0 Å². The summed E-state index contributed by atoms with van der Waals surface area (Å²) in [6.07, 6.45) is 0. The maximum atomic E-state index is 12.5. The maximum absolute atomic E-state index is 12.5. The molecule has 25 heavy (non-hydrogen) atoms. The van der Waals surface area contributed by atoms with Crippen LogP contribution in [0.3, 0.4) is 0 Å². The lowest BCUT2D eigenvalue weighted by molar-refractivity contribution is 0.0961. The van der Waals surface area contributed by atoms with Gasteiger partial charge in [0.05, 0.1) is 15.6 Å². The molecule has 0 radical (unpaired) electrons. The van der Waals surface area contributed by atoms with Crippen LogP contribution in [0.2, 0.25) is 15.1 Å². The van der Waals surface area contributed by atoms with Crippen LogP contribution in [0.5, 0.6) is 0 Å². The second-order valence-corrected chi connectivity index (χ2v) is 6.11. The lowest BCUT2D eigenvalue weighted by atomic mass is 10.2. The first kappa shape index (κ1) is 19.5. The molecule has 3 amide bonds. The number of hydrogen-bond acceptors (Lipinski definition) is 3. The first-order valence-electron chi connectivity index (χ1n) is 7.34. The van der Waals surface area contributed by atoms with Crippen LogP contribution in [0.4, 0.5) is 10.5 Å². The quantitative estimate of drug-likeness (QED) is 0.717. The molecule has 132 valence electrons. The minimum Gasteiger partial charge on any atom is -0.361 e. The summed E-state index contributed by atoms with van der Waals surface area (Å²) < 4.78 is 5.31. The number of rotatable bonds is 5. The average molecular weight is 402 g/mol. The fraction of sp³-hybridized carbons (Fsp3) is 0.176. The van der Waals surface area contributed by atoms with Crippen molar-refractivity contribution in [1.29, 1.82) is 0 Å². The number of urea groups is 1. The van der Waals surface area contributed by atoms with Gasteiger partial charge in [-0.2, -0.15) is 0 Å². The van der Waals surface area contributed by atoms with Gasteiger partial charge in [0.2, 0.25) is 0 Å². The summed E-state index contributed by atoms with van der Waals surface area (Å²) in [5.41, 5.74) is 0.635. The molecule has 0 aliphatic heterocycles. The fourth-order valence-electron chi connectivity index (χ4n) is 1.97. The van der Waals surface area contributed by atoms with Crippen molar-refractivity contribution < 1.29 is 14.3 Å². The van der Waals surface area contributed by atoms with Crippen LogP contribution < -0.4 is 10.2 Å². The number of nitrogens with one attached hydrogen (secondary N) is 1. The van der Waals surface area contributed by atoms with Gasteiger partial charge in [-0.15, -0.1) is 0 Å². The van der Waals surface area contributed by atoms with Crippen molar-refractivity contribution in [3.8, 4) is 0 Å². The average Bonchev–Trinajstić information content (AvgIpc) is 2.59. The molecule has 1 N–H and O–H groups in total. The number of imide groups is 1. The minimum absolute atomic E-state index is 0.0273. The first-order valence-corrected chi connectivity index (χ1v) is 8.47. The van der Waals surface area contributed by atoms with Crippen molar-refractivity contribution in [2.45, 2.75) is 6.92 Å². The van der Waals surface area contributed by atoms with Crippen molar-refractivity contribution in [3.63, 3.8) is 0 Å². The van der Waals surface area contributed by atoms with Crippen molar-refractivity contribution in [1.82, 2.24) is 5.32 Å². The topological polar surface area (TPSA) is 58.6 Å². The Balaban J connectivity index is 2.20. The highest BCUT2D eigenvalue weighted by molar-refractivity contribution is 6.44. The van der Waals surface area contributed by atoms with Gasteiger partial charge in [0.15, 0.2) is 0 Å². The van der Waals surface area contributed by atoms with Gasteiger partial charge < -0.3 is 4.74 Å². The molecule has 5 nitrogen and oxygen atoms in total. The van der Waals surface area contributed by atoms with Crippen LogP contribution in [0, 0.1) is 0 Å². The van der Waals surface area contributed by atoms with Crippen molar-refractivity contribution >= 4 is 52.4 Å². The van der Waals surface area contributed by atoms with E-state index in [1.54, 1.807) is 43.3 Å². The van der Waals surface area contributed by atoms with Crippen molar-refractivity contribution in [3.05, 3.63) is 63.1 Å². The third-order valence-electron chi connectivity index (χ3n) is 3.22. The smallest absolute Gasteiger partial charge is 0.330 e. The van der Waals surface area contributed by atoms with Crippen LogP contribution in [0.25, 0.3) is 0 Å². The third kappa shape index (κ3) is 5.09. The van der Waals surface area contributed by atoms with E-state index in [1.807, 2.05) is 0 Å². The highest BCUT2D eigenvalue weighted by atomic mass is 35.5. The predicted molar refractivity (Wildman–Crippen MR) is 99.7 cm³/mol. The largest absolute Gasteiger partial charge is 0.361 e. The van der Waals surface area contributed by atoms with Crippen LogP contribution in [0.15, 0.2) is 42.5 Å². The van der Waals surface area contributed by atoms with Crippen molar-refractivity contribution in [2.24, 2.45) is 0 Å². The van der Waals surface area contributed by atoms with E-state index in [2.05, 4.69) is 5.32 Å². The van der Waals surface area contributed by atoms with E-state index in [4.69, 9.17) is 39.5 Å². The molecule has 0 spiro atoms. The normalized spacial score (nSPS) is 10.4. The second kappa shape index (κ2) is 9.06. The Labute approximate surface area is 160 Å². The SMILES string of the molecule is CCOCN(C(=O)NC(=O)c1cccc(Cl)c1Cl)c1ccc(Cl)cc1. The van der Waals surface area contributed by atoms with E-state index >= 15 is 0 Å². The fourth-order valence-corrected chi connectivity index (χ4v) is 2.48. The minimum atomic E-state index is -0.659. The second-order valence-electron chi connectivity index (χ2n) is 4.89. The van der Waals surface area contributed by atoms with Crippen LogP contribution in [0.1, 0.15) is 17.3 Å². The standard InChI is InChI=1S/C17H15Cl3N2O3/c1-2-25-10-22(12-8-6-11(18)7-9-12)17(24)21-16(23)13-4-3-5-14(19)15(13)20/h3-9H,2,10H2,1H3,(H,21,23,24). The number of carbonyl (C=O) groups excluding carboxylic acids is 2. The summed E-state index contributed by atoms with van der Waals surface area (Å²) in [5, 5.41) is 3.12. The predicted octanol–water partition coefficient (Wildman–Crippen LogP) is 5.00. The Morgan fingerprint density at radius 3 is 2.40 bits per heavy atom. The Hall–Kier alpha value is -1.79. The van der Waals surface area contributed by atoms with Gasteiger partial charge >= 0.3 is 6.03 Å². The van der Waals surface area contributed by atoms with Gasteiger partial charge in [-0.05, 0) is 43.3 Å². The molecule has 0 heterocycles. The molecular formula is C17H15Cl3N2O3. The molecule has 0 aliphatic rings. The summed E-state index contributed by atoms with van der Waals surface area (Å²) in [6, 6.07) is 10.5. The highest BCUT2D eigenvalue weighted by Gasteiger charge is 2.21. The molecule has 2 rings (SSSR count). The van der Waals surface area contributed by atoms with Gasteiger partial charge in [-0.1, -0.05) is 40.9 Å². The molecule has 0 bridgehead atoms. The Bertz CT molecular complexity index is 766. The van der Waals surface area contributed by atoms with Gasteiger partial charge in [0.25, 0.3) is 5.91 Å². The number of amides is 3. The first-order chi connectivity index (χ1) is 11.9. The number of ether oxygens (including phenoxy) is 1. The lowest BCUT2D eigenvalue weighted by Gasteiger charge is -2.22.